The van der Waals surface area contributed by atoms with Crippen molar-refractivity contribution in [3.63, 3.8) is 0 Å². The molecule has 1 aromatic heterocycles. The summed E-state index contributed by atoms with van der Waals surface area (Å²) < 4.78 is 29.1. The Morgan fingerprint density at radius 1 is 1.35 bits per heavy atom. The molecule has 1 unspecified atom stereocenters. The Bertz CT molecular complexity index is 593. The molecular weight excluding hydrogens is 260 g/mol. The highest BCUT2D eigenvalue weighted by Gasteiger charge is 2.19. The van der Waals surface area contributed by atoms with Gasteiger partial charge in [0.05, 0.1) is 5.69 Å². The van der Waals surface area contributed by atoms with Gasteiger partial charge in [-0.05, 0) is 33.0 Å². The SMILES string of the molecule is CCn1nc(C)cc1CC(NC)c1cccc(F)c1F. The minimum Gasteiger partial charge on any atom is -0.313 e. The molecule has 1 aromatic carbocycles. The number of aromatic nitrogens is 2. The quantitative estimate of drug-likeness (QED) is 0.912. The van der Waals surface area contributed by atoms with Crippen molar-refractivity contribution in [3.8, 4) is 0 Å². The van der Waals surface area contributed by atoms with Gasteiger partial charge in [-0.15, -0.1) is 0 Å². The zero-order valence-corrected chi connectivity index (χ0v) is 12.0. The lowest BCUT2D eigenvalue weighted by Crippen LogP contribution is -2.22. The minimum atomic E-state index is -0.817. The third-order valence-corrected chi connectivity index (χ3v) is 3.40. The maximum atomic E-state index is 13.9. The molecule has 1 heterocycles. The number of aryl methyl sites for hydroxylation is 2. The largest absolute Gasteiger partial charge is 0.313 e. The molecule has 20 heavy (non-hydrogen) atoms. The van der Waals surface area contributed by atoms with Crippen LogP contribution in [-0.2, 0) is 13.0 Å². The summed E-state index contributed by atoms with van der Waals surface area (Å²) in [5, 5.41) is 7.42. The van der Waals surface area contributed by atoms with E-state index in [2.05, 4.69) is 10.4 Å². The van der Waals surface area contributed by atoms with Gasteiger partial charge in [-0.2, -0.15) is 5.10 Å². The average molecular weight is 279 g/mol. The topological polar surface area (TPSA) is 29.9 Å². The number of benzene rings is 1. The summed E-state index contributed by atoms with van der Waals surface area (Å²) in [5.74, 6) is -1.60. The Labute approximate surface area is 117 Å². The summed E-state index contributed by atoms with van der Waals surface area (Å²) in [4.78, 5) is 0. The lowest BCUT2D eigenvalue weighted by atomic mass is 10.0. The standard InChI is InChI=1S/C15H19F2N3/c1-4-20-11(8-10(2)19-20)9-14(18-3)12-6-5-7-13(16)15(12)17/h5-8,14,18H,4,9H2,1-3H3. The molecule has 0 amide bonds. The van der Waals surface area contributed by atoms with Crippen LogP contribution in [0.1, 0.15) is 29.9 Å². The Hall–Kier alpha value is -1.75. The molecular formula is C15H19F2N3. The fourth-order valence-corrected chi connectivity index (χ4v) is 2.40. The Morgan fingerprint density at radius 3 is 2.75 bits per heavy atom. The van der Waals surface area contributed by atoms with Gasteiger partial charge in [0, 0.05) is 30.3 Å². The zero-order chi connectivity index (χ0) is 14.7. The van der Waals surface area contributed by atoms with Crippen molar-refractivity contribution < 1.29 is 8.78 Å². The van der Waals surface area contributed by atoms with Crippen molar-refractivity contribution in [3.05, 3.63) is 52.9 Å². The zero-order valence-electron chi connectivity index (χ0n) is 12.0. The van der Waals surface area contributed by atoms with Crippen molar-refractivity contribution in [2.45, 2.75) is 32.9 Å². The average Bonchev–Trinajstić information content (AvgIpc) is 2.79. The summed E-state index contributed by atoms with van der Waals surface area (Å²) in [7, 11) is 1.74. The van der Waals surface area contributed by atoms with Crippen molar-refractivity contribution in [1.82, 2.24) is 15.1 Å². The number of hydrogen-bond donors (Lipinski definition) is 1. The van der Waals surface area contributed by atoms with Crippen LogP contribution in [-0.4, -0.2) is 16.8 Å². The van der Waals surface area contributed by atoms with E-state index in [4.69, 9.17) is 0 Å². The maximum Gasteiger partial charge on any atom is 0.163 e. The van der Waals surface area contributed by atoms with Crippen LogP contribution in [0.2, 0.25) is 0 Å². The monoisotopic (exact) mass is 279 g/mol. The van der Waals surface area contributed by atoms with E-state index in [0.717, 1.165) is 24.0 Å². The first-order chi connectivity index (χ1) is 9.56. The van der Waals surface area contributed by atoms with Crippen LogP contribution in [0.15, 0.2) is 24.3 Å². The number of nitrogens with zero attached hydrogens (tertiary/aromatic N) is 2. The smallest absolute Gasteiger partial charge is 0.163 e. The number of halogens is 2. The number of nitrogens with one attached hydrogen (secondary N) is 1. The van der Waals surface area contributed by atoms with Gasteiger partial charge >= 0.3 is 0 Å². The van der Waals surface area contributed by atoms with Gasteiger partial charge in [-0.1, -0.05) is 12.1 Å². The summed E-state index contributed by atoms with van der Waals surface area (Å²) in [5.41, 5.74) is 2.28. The molecule has 3 nitrogen and oxygen atoms in total. The van der Waals surface area contributed by atoms with Crippen molar-refractivity contribution >= 4 is 0 Å². The lowest BCUT2D eigenvalue weighted by molar-refractivity contribution is 0.466. The van der Waals surface area contributed by atoms with Gasteiger partial charge in [0.2, 0.25) is 0 Å². The highest BCUT2D eigenvalue weighted by molar-refractivity contribution is 5.24. The molecule has 1 N–H and O–H groups in total. The van der Waals surface area contributed by atoms with Crippen LogP contribution in [0.4, 0.5) is 8.78 Å². The van der Waals surface area contributed by atoms with Crippen LogP contribution in [0.25, 0.3) is 0 Å². The van der Waals surface area contributed by atoms with Crippen molar-refractivity contribution in [2.24, 2.45) is 0 Å². The van der Waals surface area contributed by atoms with Crippen LogP contribution in [0.5, 0.6) is 0 Å². The fraction of sp³-hybridized carbons (Fsp3) is 0.400. The van der Waals surface area contributed by atoms with E-state index < -0.39 is 11.6 Å². The molecule has 0 aliphatic rings. The van der Waals surface area contributed by atoms with Crippen LogP contribution < -0.4 is 5.32 Å². The van der Waals surface area contributed by atoms with E-state index in [-0.39, 0.29) is 6.04 Å². The van der Waals surface area contributed by atoms with Gasteiger partial charge in [-0.25, -0.2) is 8.78 Å². The molecule has 2 rings (SSSR count). The molecule has 2 aromatic rings. The molecule has 5 heteroatoms. The first kappa shape index (κ1) is 14.7. The van der Waals surface area contributed by atoms with Gasteiger partial charge in [-0.3, -0.25) is 4.68 Å². The van der Waals surface area contributed by atoms with Crippen molar-refractivity contribution in [1.29, 1.82) is 0 Å². The minimum absolute atomic E-state index is 0.285. The second-order valence-electron chi connectivity index (χ2n) is 4.78. The summed E-state index contributed by atoms with van der Waals surface area (Å²) in [6, 6.07) is 5.96. The predicted molar refractivity (Wildman–Crippen MR) is 74.5 cm³/mol. The van der Waals surface area contributed by atoms with E-state index in [9.17, 15) is 8.78 Å². The van der Waals surface area contributed by atoms with Crippen LogP contribution >= 0.6 is 0 Å². The normalized spacial score (nSPS) is 12.7. The Balaban J connectivity index is 2.31. The molecule has 0 aliphatic heterocycles. The molecule has 0 aliphatic carbocycles. The molecule has 0 bridgehead atoms. The highest BCUT2D eigenvalue weighted by Crippen LogP contribution is 2.23. The van der Waals surface area contributed by atoms with Gasteiger partial charge in [0.15, 0.2) is 11.6 Å². The van der Waals surface area contributed by atoms with Crippen molar-refractivity contribution in [2.75, 3.05) is 7.05 Å². The summed E-state index contributed by atoms with van der Waals surface area (Å²) in [6.07, 6.45) is 0.561. The highest BCUT2D eigenvalue weighted by atomic mass is 19.2. The first-order valence-corrected chi connectivity index (χ1v) is 6.71. The maximum absolute atomic E-state index is 13.9. The van der Waals surface area contributed by atoms with Crippen LogP contribution in [0, 0.1) is 18.6 Å². The Kier molecular flexibility index (Phi) is 4.49. The summed E-state index contributed by atoms with van der Waals surface area (Å²) in [6.45, 7) is 4.69. The van der Waals surface area contributed by atoms with E-state index in [1.165, 1.54) is 6.07 Å². The van der Waals surface area contributed by atoms with Gasteiger partial charge in [0.1, 0.15) is 0 Å². The molecule has 108 valence electrons. The summed E-state index contributed by atoms with van der Waals surface area (Å²) >= 11 is 0. The number of rotatable bonds is 5. The van der Waals surface area contributed by atoms with E-state index >= 15 is 0 Å². The molecule has 1 atom stereocenters. The Morgan fingerprint density at radius 2 is 2.10 bits per heavy atom. The van der Waals surface area contributed by atoms with Gasteiger partial charge in [0.25, 0.3) is 0 Å². The first-order valence-electron chi connectivity index (χ1n) is 6.71. The van der Waals surface area contributed by atoms with E-state index in [1.54, 1.807) is 13.1 Å². The molecule has 0 fully saturated rings. The second kappa shape index (κ2) is 6.13. The molecule has 0 radical (unpaired) electrons. The van der Waals surface area contributed by atoms with E-state index in [0.29, 0.717) is 12.0 Å². The third kappa shape index (κ3) is 2.88. The predicted octanol–water partition coefficient (Wildman–Crippen LogP) is 2.99. The molecule has 0 saturated carbocycles. The third-order valence-electron chi connectivity index (χ3n) is 3.40. The van der Waals surface area contributed by atoms with Crippen LogP contribution in [0.3, 0.4) is 0 Å². The second-order valence-corrected chi connectivity index (χ2v) is 4.78. The number of likely N-dealkylation sites (N-methyl/N-ethyl adjacent to an activating group) is 1. The molecule has 0 saturated heterocycles. The molecule has 0 spiro atoms. The van der Waals surface area contributed by atoms with E-state index in [1.807, 2.05) is 24.6 Å². The number of hydrogen-bond acceptors (Lipinski definition) is 2. The lowest BCUT2D eigenvalue weighted by Gasteiger charge is -2.18. The fourth-order valence-electron chi connectivity index (χ4n) is 2.40. The van der Waals surface area contributed by atoms with Gasteiger partial charge < -0.3 is 5.32 Å².